The normalized spacial score (nSPS) is 11.3. The molecule has 0 aliphatic heterocycles. The lowest BCUT2D eigenvalue weighted by atomic mass is 10.1. The van der Waals surface area contributed by atoms with Gasteiger partial charge in [0.25, 0.3) is 0 Å². The van der Waals surface area contributed by atoms with Gasteiger partial charge >= 0.3 is 0 Å². The molecular weight excluding hydrogens is 308 g/mol. The lowest BCUT2D eigenvalue weighted by Gasteiger charge is -2.23. The third-order valence-corrected chi connectivity index (χ3v) is 4.45. The number of H-pyrrole nitrogens is 1. The van der Waals surface area contributed by atoms with E-state index in [9.17, 15) is 5.11 Å². The number of benzene rings is 2. The van der Waals surface area contributed by atoms with E-state index in [0.29, 0.717) is 0 Å². The van der Waals surface area contributed by atoms with Gasteiger partial charge in [0.2, 0.25) is 0 Å². The molecule has 0 aliphatic rings. The van der Waals surface area contributed by atoms with Crippen molar-refractivity contribution in [1.82, 2.24) is 9.88 Å². The molecule has 2 aromatic carbocycles. The van der Waals surface area contributed by atoms with Crippen LogP contribution in [-0.2, 0) is 19.6 Å². The van der Waals surface area contributed by atoms with Gasteiger partial charge in [0, 0.05) is 36.7 Å². The largest absolute Gasteiger partial charge is 0.392 e. The van der Waals surface area contributed by atoms with Crippen molar-refractivity contribution < 1.29 is 5.11 Å². The first-order chi connectivity index (χ1) is 12.2. The zero-order chi connectivity index (χ0) is 17.6. The van der Waals surface area contributed by atoms with Crippen LogP contribution in [0.25, 0.3) is 10.9 Å². The van der Waals surface area contributed by atoms with Crippen molar-refractivity contribution in [2.75, 3.05) is 13.1 Å². The first-order valence-electron chi connectivity index (χ1n) is 8.76. The Labute approximate surface area is 149 Å². The molecule has 0 saturated heterocycles. The van der Waals surface area contributed by atoms with Gasteiger partial charge < -0.3 is 10.1 Å². The Bertz CT molecular complexity index is 850. The minimum atomic E-state index is 0.0870. The highest BCUT2D eigenvalue weighted by Gasteiger charge is 2.09. The SMILES string of the molecule is C=C(C)CN(CCc1c[nH]c2ccccc12)Cc1cccc(CO)c1. The number of aromatic amines is 1. The molecule has 0 aliphatic carbocycles. The van der Waals surface area contributed by atoms with E-state index in [-0.39, 0.29) is 6.61 Å². The van der Waals surface area contributed by atoms with Crippen LogP contribution in [0.15, 0.2) is 66.9 Å². The van der Waals surface area contributed by atoms with E-state index in [2.05, 4.69) is 66.0 Å². The van der Waals surface area contributed by atoms with Gasteiger partial charge in [-0.1, -0.05) is 54.6 Å². The van der Waals surface area contributed by atoms with Gasteiger partial charge in [-0.05, 0) is 36.1 Å². The van der Waals surface area contributed by atoms with Crippen molar-refractivity contribution in [3.63, 3.8) is 0 Å². The topological polar surface area (TPSA) is 39.3 Å². The molecule has 1 aromatic heterocycles. The second-order valence-corrected chi connectivity index (χ2v) is 6.76. The quantitative estimate of drug-likeness (QED) is 0.604. The molecule has 0 amide bonds. The Morgan fingerprint density at radius 1 is 1.12 bits per heavy atom. The van der Waals surface area contributed by atoms with Crippen LogP contribution in [-0.4, -0.2) is 28.1 Å². The Kier molecular flexibility index (Phi) is 5.69. The monoisotopic (exact) mass is 334 g/mol. The third-order valence-electron chi connectivity index (χ3n) is 4.45. The van der Waals surface area contributed by atoms with Crippen LogP contribution in [0, 0.1) is 0 Å². The summed E-state index contributed by atoms with van der Waals surface area (Å²) in [6, 6.07) is 16.6. The first-order valence-corrected chi connectivity index (χ1v) is 8.76. The highest BCUT2D eigenvalue weighted by atomic mass is 16.3. The zero-order valence-corrected chi connectivity index (χ0v) is 14.8. The van der Waals surface area contributed by atoms with Gasteiger partial charge in [-0.2, -0.15) is 0 Å². The number of aliphatic hydroxyl groups is 1. The molecule has 0 bridgehead atoms. The molecule has 25 heavy (non-hydrogen) atoms. The van der Waals surface area contributed by atoms with E-state index in [0.717, 1.165) is 37.2 Å². The number of rotatable bonds is 8. The standard InChI is InChI=1S/C22H26N2O/c1-17(2)14-24(15-18-6-5-7-19(12-18)16-25)11-10-20-13-23-22-9-4-3-8-21(20)22/h3-9,12-13,23,25H,1,10-11,14-16H2,2H3. The van der Waals surface area contributed by atoms with Crippen molar-refractivity contribution in [3.8, 4) is 0 Å². The number of fused-ring (bicyclic) bond motifs is 1. The number of nitrogens with one attached hydrogen (secondary N) is 1. The molecule has 3 heteroatoms. The molecule has 2 N–H and O–H groups in total. The Morgan fingerprint density at radius 3 is 2.72 bits per heavy atom. The minimum Gasteiger partial charge on any atom is -0.392 e. The van der Waals surface area contributed by atoms with Gasteiger partial charge in [0.15, 0.2) is 0 Å². The van der Waals surface area contributed by atoms with Crippen molar-refractivity contribution in [2.24, 2.45) is 0 Å². The molecule has 0 atom stereocenters. The lowest BCUT2D eigenvalue weighted by Crippen LogP contribution is -2.27. The van der Waals surface area contributed by atoms with Crippen LogP contribution in [0.4, 0.5) is 0 Å². The fourth-order valence-corrected chi connectivity index (χ4v) is 3.30. The fourth-order valence-electron chi connectivity index (χ4n) is 3.30. The van der Waals surface area contributed by atoms with E-state index < -0.39 is 0 Å². The summed E-state index contributed by atoms with van der Waals surface area (Å²) >= 11 is 0. The predicted octanol–water partition coefficient (Wildman–Crippen LogP) is 4.28. The summed E-state index contributed by atoms with van der Waals surface area (Å²) in [6.45, 7) is 8.95. The van der Waals surface area contributed by atoms with Gasteiger partial charge in [-0.3, -0.25) is 4.90 Å². The summed E-state index contributed by atoms with van der Waals surface area (Å²) in [7, 11) is 0. The highest BCUT2D eigenvalue weighted by molar-refractivity contribution is 5.83. The Morgan fingerprint density at radius 2 is 1.92 bits per heavy atom. The Hall–Kier alpha value is -2.36. The molecule has 1 heterocycles. The van der Waals surface area contributed by atoms with Crippen LogP contribution in [0.2, 0.25) is 0 Å². The van der Waals surface area contributed by atoms with Gasteiger partial charge in [0.05, 0.1) is 6.61 Å². The minimum absolute atomic E-state index is 0.0870. The van der Waals surface area contributed by atoms with Crippen LogP contribution in [0.3, 0.4) is 0 Å². The average Bonchev–Trinajstić information content (AvgIpc) is 3.02. The summed E-state index contributed by atoms with van der Waals surface area (Å²) in [5.41, 5.74) is 5.90. The second-order valence-electron chi connectivity index (χ2n) is 6.76. The second kappa shape index (κ2) is 8.15. The summed E-state index contributed by atoms with van der Waals surface area (Å²) in [4.78, 5) is 5.77. The molecule has 0 unspecified atom stereocenters. The summed E-state index contributed by atoms with van der Waals surface area (Å²) in [5, 5.41) is 10.6. The average molecular weight is 334 g/mol. The summed E-state index contributed by atoms with van der Waals surface area (Å²) < 4.78 is 0. The maximum atomic E-state index is 9.34. The molecule has 130 valence electrons. The molecular formula is C22H26N2O. The number of hydrogen-bond acceptors (Lipinski definition) is 2. The molecule has 3 aromatic rings. The number of aromatic nitrogens is 1. The van der Waals surface area contributed by atoms with Crippen molar-refractivity contribution in [1.29, 1.82) is 0 Å². The van der Waals surface area contributed by atoms with Gasteiger partial charge in [-0.15, -0.1) is 0 Å². The molecule has 0 spiro atoms. The number of nitrogens with zero attached hydrogens (tertiary/aromatic N) is 1. The van der Waals surface area contributed by atoms with Crippen molar-refractivity contribution in [3.05, 3.63) is 83.6 Å². The number of aliphatic hydroxyl groups excluding tert-OH is 1. The van der Waals surface area contributed by atoms with Crippen molar-refractivity contribution >= 4 is 10.9 Å². The third kappa shape index (κ3) is 4.59. The molecule has 3 rings (SSSR count). The lowest BCUT2D eigenvalue weighted by molar-refractivity contribution is 0.279. The van der Waals surface area contributed by atoms with Crippen LogP contribution in [0.5, 0.6) is 0 Å². The zero-order valence-electron chi connectivity index (χ0n) is 14.8. The predicted molar refractivity (Wildman–Crippen MR) is 104 cm³/mol. The van der Waals surface area contributed by atoms with Crippen LogP contribution < -0.4 is 0 Å². The van der Waals surface area contributed by atoms with Crippen LogP contribution >= 0.6 is 0 Å². The van der Waals surface area contributed by atoms with E-state index in [4.69, 9.17) is 0 Å². The van der Waals surface area contributed by atoms with E-state index >= 15 is 0 Å². The van der Waals surface area contributed by atoms with Gasteiger partial charge in [-0.25, -0.2) is 0 Å². The number of hydrogen-bond donors (Lipinski definition) is 2. The molecule has 3 nitrogen and oxygen atoms in total. The number of para-hydroxylation sites is 1. The molecule has 0 fully saturated rings. The summed E-state index contributed by atoms with van der Waals surface area (Å²) in [6.07, 6.45) is 3.12. The smallest absolute Gasteiger partial charge is 0.0681 e. The fraction of sp³-hybridized carbons (Fsp3) is 0.273. The highest BCUT2D eigenvalue weighted by Crippen LogP contribution is 2.19. The van der Waals surface area contributed by atoms with Gasteiger partial charge in [0.1, 0.15) is 0 Å². The maximum Gasteiger partial charge on any atom is 0.0681 e. The molecule has 0 radical (unpaired) electrons. The van der Waals surface area contributed by atoms with E-state index in [1.54, 1.807) is 0 Å². The van der Waals surface area contributed by atoms with Crippen molar-refractivity contribution in [2.45, 2.75) is 26.5 Å². The first kappa shape index (κ1) is 17.5. The van der Waals surface area contributed by atoms with E-state index in [1.807, 2.05) is 12.1 Å². The van der Waals surface area contributed by atoms with E-state index in [1.165, 1.54) is 22.0 Å². The molecule has 0 saturated carbocycles. The van der Waals surface area contributed by atoms with Crippen LogP contribution in [0.1, 0.15) is 23.6 Å². The Balaban J connectivity index is 1.71. The summed E-state index contributed by atoms with van der Waals surface area (Å²) in [5.74, 6) is 0. The maximum absolute atomic E-state index is 9.34.